The molecular weight excluding hydrogens is 333 g/mol. The molecule has 2 aromatic rings. The average molecular weight is 354 g/mol. The Morgan fingerprint density at radius 2 is 2.04 bits per heavy atom. The zero-order valence-corrected chi connectivity index (χ0v) is 13.7. The van der Waals surface area contributed by atoms with Crippen LogP contribution in [0.5, 0.6) is 0 Å². The number of alkyl halides is 3. The van der Waals surface area contributed by atoms with Crippen LogP contribution in [0.15, 0.2) is 49.1 Å². The van der Waals surface area contributed by atoms with E-state index in [1.165, 1.54) is 12.1 Å². The maximum Gasteiger partial charge on any atom is 0.416 e. The molecule has 8 heteroatoms. The SMILES string of the molecule is NCCONC(=CCCCn1ccnc1)c1ccc(C(F)(F)F)cc1. The molecule has 0 unspecified atom stereocenters. The van der Waals surface area contributed by atoms with Crippen molar-refractivity contribution in [2.75, 3.05) is 13.2 Å². The molecule has 0 aliphatic rings. The molecule has 1 heterocycles. The molecule has 0 bridgehead atoms. The molecule has 1 aromatic carbocycles. The Balaban J connectivity index is 2.01. The van der Waals surface area contributed by atoms with E-state index in [1.54, 1.807) is 12.5 Å². The van der Waals surface area contributed by atoms with Crippen LogP contribution in [0.2, 0.25) is 0 Å². The molecule has 0 amide bonds. The van der Waals surface area contributed by atoms with Crippen molar-refractivity contribution in [3.8, 4) is 0 Å². The Kier molecular flexibility index (Phi) is 7.03. The normalized spacial score (nSPS) is 12.4. The lowest BCUT2D eigenvalue weighted by Gasteiger charge is -2.13. The molecule has 0 saturated heterocycles. The van der Waals surface area contributed by atoms with Crippen molar-refractivity contribution in [1.29, 1.82) is 0 Å². The summed E-state index contributed by atoms with van der Waals surface area (Å²) in [7, 11) is 0. The van der Waals surface area contributed by atoms with Crippen molar-refractivity contribution < 1.29 is 18.0 Å². The maximum atomic E-state index is 12.7. The Morgan fingerprint density at radius 1 is 1.28 bits per heavy atom. The van der Waals surface area contributed by atoms with Crippen LogP contribution in [0.3, 0.4) is 0 Å². The lowest BCUT2D eigenvalue weighted by Crippen LogP contribution is -2.19. The maximum absolute atomic E-state index is 12.7. The number of nitrogens with one attached hydrogen (secondary N) is 1. The van der Waals surface area contributed by atoms with Gasteiger partial charge in [0.25, 0.3) is 0 Å². The summed E-state index contributed by atoms with van der Waals surface area (Å²) in [4.78, 5) is 9.19. The van der Waals surface area contributed by atoms with Crippen molar-refractivity contribution >= 4 is 5.70 Å². The number of hydroxylamine groups is 1. The molecular formula is C17H21F3N4O. The number of halogens is 3. The van der Waals surface area contributed by atoms with Gasteiger partial charge < -0.3 is 10.3 Å². The van der Waals surface area contributed by atoms with Gasteiger partial charge in [-0.25, -0.2) is 4.98 Å². The molecule has 136 valence electrons. The largest absolute Gasteiger partial charge is 0.416 e. The van der Waals surface area contributed by atoms with Crippen LogP contribution in [-0.4, -0.2) is 22.7 Å². The van der Waals surface area contributed by atoms with Gasteiger partial charge in [-0.05, 0) is 30.5 Å². The van der Waals surface area contributed by atoms with E-state index < -0.39 is 11.7 Å². The Hall–Kier alpha value is -2.32. The van der Waals surface area contributed by atoms with Crippen LogP contribution in [0.4, 0.5) is 13.2 Å². The molecule has 0 saturated carbocycles. The second-order valence-electron chi connectivity index (χ2n) is 5.37. The summed E-state index contributed by atoms with van der Waals surface area (Å²) >= 11 is 0. The smallest absolute Gasteiger partial charge is 0.337 e. The highest BCUT2D eigenvalue weighted by atomic mass is 19.4. The number of nitrogens with zero attached hydrogens (tertiary/aromatic N) is 2. The van der Waals surface area contributed by atoms with Crippen molar-refractivity contribution in [3.63, 3.8) is 0 Å². The zero-order valence-electron chi connectivity index (χ0n) is 13.7. The lowest BCUT2D eigenvalue weighted by molar-refractivity contribution is -0.137. The van der Waals surface area contributed by atoms with Gasteiger partial charge in [0.15, 0.2) is 0 Å². The van der Waals surface area contributed by atoms with Crippen LogP contribution in [0.25, 0.3) is 5.70 Å². The van der Waals surface area contributed by atoms with E-state index in [2.05, 4.69) is 10.5 Å². The molecule has 5 nitrogen and oxygen atoms in total. The minimum atomic E-state index is -4.35. The summed E-state index contributed by atoms with van der Waals surface area (Å²) in [6.45, 7) is 1.45. The Bertz CT molecular complexity index is 652. The average Bonchev–Trinajstić information content (AvgIpc) is 3.10. The van der Waals surface area contributed by atoms with Crippen LogP contribution >= 0.6 is 0 Å². The number of allylic oxidation sites excluding steroid dienone is 1. The fourth-order valence-corrected chi connectivity index (χ4v) is 2.18. The van der Waals surface area contributed by atoms with E-state index in [-0.39, 0.29) is 0 Å². The third-order valence-electron chi connectivity index (χ3n) is 3.45. The highest BCUT2D eigenvalue weighted by Gasteiger charge is 2.30. The highest BCUT2D eigenvalue weighted by molar-refractivity contribution is 5.63. The molecule has 0 aliphatic carbocycles. The van der Waals surface area contributed by atoms with Gasteiger partial charge in [-0.15, -0.1) is 0 Å². The van der Waals surface area contributed by atoms with Crippen LogP contribution in [0.1, 0.15) is 24.0 Å². The highest BCUT2D eigenvalue weighted by Crippen LogP contribution is 2.29. The fourth-order valence-electron chi connectivity index (χ4n) is 2.18. The molecule has 3 N–H and O–H groups in total. The predicted molar refractivity (Wildman–Crippen MR) is 89.0 cm³/mol. The van der Waals surface area contributed by atoms with Gasteiger partial charge in [-0.1, -0.05) is 18.2 Å². The third-order valence-corrected chi connectivity index (χ3v) is 3.45. The van der Waals surface area contributed by atoms with E-state index in [4.69, 9.17) is 10.6 Å². The van der Waals surface area contributed by atoms with E-state index in [9.17, 15) is 13.2 Å². The summed E-state index contributed by atoms with van der Waals surface area (Å²) in [5.41, 5.74) is 8.70. The van der Waals surface area contributed by atoms with Gasteiger partial charge in [0.1, 0.15) is 0 Å². The molecule has 2 rings (SSSR count). The van der Waals surface area contributed by atoms with Gasteiger partial charge in [-0.3, -0.25) is 10.3 Å². The minimum Gasteiger partial charge on any atom is -0.337 e. The first-order valence-corrected chi connectivity index (χ1v) is 7.92. The van der Waals surface area contributed by atoms with E-state index in [0.717, 1.165) is 31.5 Å². The van der Waals surface area contributed by atoms with Crippen LogP contribution < -0.4 is 11.2 Å². The summed E-state index contributed by atoms with van der Waals surface area (Å²) in [5, 5.41) is 0. The lowest BCUT2D eigenvalue weighted by atomic mass is 10.1. The van der Waals surface area contributed by atoms with Gasteiger partial charge in [0.2, 0.25) is 0 Å². The second-order valence-corrected chi connectivity index (χ2v) is 5.37. The number of hydrogen-bond donors (Lipinski definition) is 2. The third kappa shape index (κ3) is 6.24. The number of aromatic nitrogens is 2. The number of imidazole rings is 1. The fraction of sp³-hybridized carbons (Fsp3) is 0.353. The second kappa shape index (κ2) is 9.24. The predicted octanol–water partition coefficient (Wildman–Crippen LogP) is 3.20. The number of aryl methyl sites for hydroxylation is 1. The van der Waals surface area contributed by atoms with E-state index in [0.29, 0.717) is 24.4 Å². The van der Waals surface area contributed by atoms with Gasteiger partial charge in [0.05, 0.1) is 24.2 Å². The first-order chi connectivity index (χ1) is 12.0. The van der Waals surface area contributed by atoms with E-state index >= 15 is 0 Å². The van der Waals surface area contributed by atoms with Crippen molar-refractivity contribution in [3.05, 3.63) is 60.2 Å². The van der Waals surface area contributed by atoms with Crippen LogP contribution in [-0.2, 0) is 17.6 Å². The molecule has 0 radical (unpaired) electrons. The van der Waals surface area contributed by atoms with E-state index in [1.807, 2.05) is 16.8 Å². The van der Waals surface area contributed by atoms with Crippen molar-refractivity contribution in [2.45, 2.75) is 25.6 Å². The Morgan fingerprint density at radius 3 is 2.64 bits per heavy atom. The first kappa shape index (κ1) is 19.0. The standard InChI is InChI=1S/C17H21F3N4O/c18-17(19,20)15-6-4-14(5-7-15)16(23-25-12-8-21)3-1-2-10-24-11-9-22-13-24/h3-7,9,11,13,23H,1-2,8,10,12,21H2. The van der Waals surface area contributed by atoms with Crippen molar-refractivity contribution in [1.82, 2.24) is 15.0 Å². The summed E-state index contributed by atoms with van der Waals surface area (Å²) in [6, 6.07) is 4.95. The molecule has 0 aliphatic heterocycles. The number of benzene rings is 1. The summed E-state index contributed by atoms with van der Waals surface area (Å²) < 4.78 is 40.0. The summed E-state index contributed by atoms with van der Waals surface area (Å²) in [6.07, 6.45) is 4.47. The molecule has 0 spiro atoms. The summed E-state index contributed by atoms with van der Waals surface area (Å²) in [5.74, 6) is 0. The molecule has 1 aromatic heterocycles. The molecule has 0 atom stereocenters. The number of unbranched alkanes of at least 4 members (excludes halogenated alkanes) is 1. The monoisotopic (exact) mass is 354 g/mol. The van der Waals surface area contributed by atoms with Crippen molar-refractivity contribution in [2.24, 2.45) is 5.73 Å². The molecule has 0 fully saturated rings. The minimum absolute atomic E-state index is 0.299. The zero-order chi connectivity index (χ0) is 18.1. The van der Waals surface area contributed by atoms with Gasteiger partial charge in [0, 0.05) is 25.5 Å². The number of hydrogen-bond acceptors (Lipinski definition) is 4. The first-order valence-electron chi connectivity index (χ1n) is 7.92. The molecule has 25 heavy (non-hydrogen) atoms. The number of nitrogens with two attached hydrogens (primary N) is 1. The number of rotatable bonds is 9. The topological polar surface area (TPSA) is 65.1 Å². The van der Waals surface area contributed by atoms with Gasteiger partial charge >= 0.3 is 6.18 Å². The Labute approximate surface area is 144 Å². The van der Waals surface area contributed by atoms with Gasteiger partial charge in [-0.2, -0.15) is 13.2 Å². The quantitative estimate of drug-likeness (QED) is 0.536. The van der Waals surface area contributed by atoms with Crippen LogP contribution in [0, 0.1) is 0 Å².